The number of hydrogen-bond acceptors (Lipinski definition) is 3. The normalized spacial score (nSPS) is 18.5. The Kier molecular flexibility index (Phi) is 5.29. The zero-order valence-electron chi connectivity index (χ0n) is 10.8. The van der Waals surface area contributed by atoms with Crippen LogP contribution in [0, 0.1) is 5.92 Å². The van der Waals surface area contributed by atoms with E-state index in [0.29, 0.717) is 47.4 Å². The van der Waals surface area contributed by atoms with Crippen molar-refractivity contribution in [2.24, 2.45) is 5.92 Å². The van der Waals surface area contributed by atoms with Gasteiger partial charge in [-0.2, -0.15) is 0 Å². The minimum absolute atomic E-state index is 0.0196. The maximum atomic E-state index is 12.0. The van der Waals surface area contributed by atoms with Gasteiger partial charge in [0.05, 0.1) is 14.6 Å². The molecule has 0 spiro atoms. The van der Waals surface area contributed by atoms with Crippen molar-refractivity contribution >= 4 is 46.4 Å². The van der Waals surface area contributed by atoms with Gasteiger partial charge in [0.25, 0.3) is 0 Å². The lowest BCUT2D eigenvalue weighted by Crippen LogP contribution is -2.29. The molecule has 1 fully saturated rings. The molecule has 0 unspecified atom stereocenters. The number of thiophene rings is 1. The van der Waals surface area contributed by atoms with Crippen LogP contribution in [0.3, 0.4) is 0 Å². The third-order valence-electron chi connectivity index (χ3n) is 3.45. The number of carbonyl (C=O) groups is 2. The molecular weight excluding hydrogens is 321 g/mol. The van der Waals surface area contributed by atoms with E-state index < -0.39 is 11.9 Å². The van der Waals surface area contributed by atoms with Crippen molar-refractivity contribution in [3.63, 3.8) is 0 Å². The molecule has 0 aliphatic carbocycles. The molecule has 1 aromatic heterocycles. The number of carbonyl (C=O) groups excluding carboxylic acids is 1. The molecular formula is C13H15Cl2NO3S. The van der Waals surface area contributed by atoms with Crippen LogP contribution in [-0.4, -0.2) is 35.0 Å². The van der Waals surface area contributed by atoms with Gasteiger partial charge in [0.15, 0.2) is 0 Å². The van der Waals surface area contributed by atoms with Gasteiger partial charge in [-0.05, 0) is 30.9 Å². The highest BCUT2D eigenvalue weighted by molar-refractivity contribution is 7.20. The summed E-state index contributed by atoms with van der Waals surface area (Å²) in [6.45, 7) is 0.875. The van der Waals surface area contributed by atoms with Crippen molar-refractivity contribution in [3.8, 4) is 0 Å². The highest BCUT2D eigenvalue weighted by Gasteiger charge is 2.30. The first-order valence-electron chi connectivity index (χ1n) is 6.41. The van der Waals surface area contributed by atoms with Gasteiger partial charge in [-0.3, -0.25) is 9.59 Å². The SMILES string of the molecule is O=C(O)[C@H]1CCN(C(=O)CCCc2cc(Cl)sc2Cl)C1. The molecule has 0 aromatic carbocycles. The number of carboxylic acids is 1. The van der Waals surface area contributed by atoms with Gasteiger partial charge in [0, 0.05) is 19.5 Å². The molecule has 1 aliphatic heterocycles. The lowest BCUT2D eigenvalue weighted by Gasteiger charge is -2.15. The topological polar surface area (TPSA) is 57.6 Å². The number of hydrogen-bond donors (Lipinski definition) is 1. The molecule has 0 bridgehead atoms. The Hall–Kier alpha value is -0.780. The molecule has 2 heterocycles. The predicted molar refractivity (Wildman–Crippen MR) is 79.6 cm³/mol. The molecule has 0 saturated carbocycles. The molecule has 7 heteroatoms. The lowest BCUT2D eigenvalue weighted by molar-refractivity contribution is -0.141. The van der Waals surface area contributed by atoms with Gasteiger partial charge in [-0.25, -0.2) is 0 Å². The zero-order chi connectivity index (χ0) is 14.7. The van der Waals surface area contributed by atoms with Crippen LogP contribution in [0.1, 0.15) is 24.8 Å². The Labute approximate surface area is 131 Å². The van der Waals surface area contributed by atoms with Gasteiger partial charge in [-0.1, -0.05) is 23.2 Å². The predicted octanol–water partition coefficient (Wildman–Crippen LogP) is 3.31. The third kappa shape index (κ3) is 3.87. The fraction of sp³-hybridized carbons (Fsp3) is 0.538. The molecule has 0 radical (unpaired) electrons. The Morgan fingerprint density at radius 3 is 2.75 bits per heavy atom. The smallest absolute Gasteiger partial charge is 0.308 e. The largest absolute Gasteiger partial charge is 0.481 e. The van der Waals surface area contributed by atoms with E-state index in [1.165, 1.54) is 11.3 Å². The van der Waals surface area contributed by atoms with E-state index in [1.807, 2.05) is 6.07 Å². The van der Waals surface area contributed by atoms with Crippen LogP contribution in [-0.2, 0) is 16.0 Å². The second-order valence-corrected chi connectivity index (χ2v) is 7.15. The van der Waals surface area contributed by atoms with Crippen LogP contribution >= 0.6 is 34.5 Å². The van der Waals surface area contributed by atoms with Crippen LogP contribution < -0.4 is 0 Å². The first-order valence-corrected chi connectivity index (χ1v) is 7.99. The average molecular weight is 336 g/mol. The minimum atomic E-state index is -0.819. The van der Waals surface area contributed by atoms with E-state index in [2.05, 4.69) is 0 Å². The number of likely N-dealkylation sites (tertiary alicyclic amines) is 1. The fourth-order valence-electron chi connectivity index (χ4n) is 2.32. The number of aliphatic carboxylic acids is 1. The second kappa shape index (κ2) is 6.78. The van der Waals surface area contributed by atoms with Crippen molar-refractivity contribution in [1.29, 1.82) is 0 Å². The molecule has 1 aromatic rings. The molecule has 1 aliphatic rings. The second-order valence-electron chi connectivity index (χ2n) is 4.87. The molecule has 4 nitrogen and oxygen atoms in total. The van der Waals surface area contributed by atoms with Gasteiger partial charge in [-0.15, -0.1) is 11.3 Å². The zero-order valence-corrected chi connectivity index (χ0v) is 13.1. The van der Waals surface area contributed by atoms with Crippen molar-refractivity contribution in [2.75, 3.05) is 13.1 Å². The van der Waals surface area contributed by atoms with Gasteiger partial charge < -0.3 is 10.0 Å². The van der Waals surface area contributed by atoms with Crippen LogP contribution in [0.15, 0.2) is 6.07 Å². The Bertz CT molecular complexity index is 518. The van der Waals surface area contributed by atoms with Crippen LogP contribution in [0.2, 0.25) is 8.67 Å². The van der Waals surface area contributed by atoms with Gasteiger partial charge >= 0.3 is 5.97 Å². The molecule has 2 rings (SSSR count). The van der Waals surface area contributed by atoms with Gasteiger partial charge in [0.1, 0.15) is 0 Å². The summed E-state index contributed by atoms with van der Waals surface area (Å²) >= 11 is 13.2. The highest BCUT2D eigenvalue weighted by atomic mass is 35.5. The summed E-state index contributed by atoms with van der Waals surface area (Å²) in [7, 11) is 0. The van der Waals surface area contributed by atoms with E-state index in [1.54, 1.807) is 4.90 Å². The van der Waals surface area contributed by atoms with E-state index in [9.17, 15) is 9.59 Å². The average Bonchev–Trinajstić information content (AvgIpc) is 2.97. The summed E-state index contributed by atoms with van der Waals surface area (Å²) in [6, 6.07) is 1.83. The molecule has 20 heavy (non-hydrogen) atoms. The standard InChI is InChI=1S/C13H15Cl2NO3S/c14-10-6-8(12(15)20-10)2-1-3-11(17)16-5-4-9(7-16)13(18)19/h6,9H,1-5,7H2,(H,18,19)/t9-/m0/s1. The number of carboxylic acid groups (broad SMARTS) is 1. The summed E-state index contributed by atoms with van der Waals surface area (Å²) in [5, 5.41) is 8.91. The van der Waals surface area contributed by atoms with Crippen LogP contribution in [0.5, 0.6) is 0 Å². The molecule has 1 atom stereocenters. The first kappa shape index (κ1) is 15.6. The number of halogens is 2. The van der Waals surface area contributed by atoms with Crippen molar-refractivity contribution in [2.45, 2.75) is 25.7 Å². The summed E-state index contributed by atoms with van der Waals surface area (Å²) in [5.74, 6) is -1.21. The number of nitrogens with zero attached hydrogens (tertiary/aromatic N) is 1. The summed E-state index contributed by atoms with van der Waals surface area (Å²) in [6.07, 6.45) is 2.37. The van der Waals surface area contributed by atoms with Gasteiger partial charge in [0.2, 0.25) is 5.91 Å². The molecule has 1 N–H and O–H groups in total. The van der Waals surface area contributed by atoms with E-state index in [0.717, 1.165) is 5.56 Å². The van der Waals surface area contributed by atoms with Crippen molar-refractivity contribution < 1.29 is 14.7 Å². The first-order chi connectivity index (χ1) is 9.47. The maximum absolute atomic E-state index is 12.0. The monoisotopic (exact) mass is 335 g/mol. The van der Waals surface area contributed by atoms with E-state index >= 15 is 0 Å². The van der Waals surface area contributed by atoms with Crippen molar-refractivity contribution in [1.82, 2.24) is 4.90 Å². The van der Waals surface area contributed by atoms with Crippen molar-refractivity contribution in [3.05, 3.63) is 20.3 Å². The Morgan fingerprint density at radius 1 is 1.45 bits per heavy atom. The van der Waals surface area contributed by atoms with E-state index in [-0.39, 0.29) is 5.91 Å². The maximum Gasteiger partial charge on any atom is 0.308 e. The highest BCUT2D eigenvalue weighted by Crippen LogP contribution is 2.32. The fourth-order valence-corrected chi connectivity index (χ4v) is 3.87. The summed E-state index contributed by atoms with van der Waals surface area (Å²) in [4.78, 5) is 24.5. The number of aryl methyl sites for hydroxylation is 1. The summed E-state index contributed by atoms with van der Waals surface area (Å²) in [5.41, 5.74) is 0.972. The van der Waals surface area contributed by atoms with Crippen LogP contribution in [0.4, 0.5) is 0 Å². The third-order valence-corrected chi connectivity index (χ3v) is 5.02. The molecule has 1 saturated heterocycles. The Balaban J connectivity index is 1.76. The number of rotatable bonds is 5. The van der Waals surface area contributed by atoms with Crippen LogP contribution in [0.25, 0.3) is 0 Å². The molecule has 1 amide bonds. The number of amides is 1. The molecule has 110 valence electrons. The van der Waals surface area contributed by atoms with E-state index in [4.69, 9.17) is 28.3 Å². The minimum Gasteiger partial charge on any atom is -0.481 e. The Morgan fingerprint density at radius 2 is 2.20 bits per heavy atom. The summed E-state index contributed by atoms with van der Waals surface area (Å²) < 4.78 is 1.33. The quantitative estimate of drug-likeness (QED) is 0.897. The lowest BCUT2D eigenvalue weighted by atomic mass is 10.1.